The molecular weight excluding hydrogens is 270 g/mol. The summed E-state index contributed by atoms with van der Waals surface area (Å²) in [4.78, 5) is 23.6. The van der Waals surface area contributed by atoms with Gasteiger partial charge in [-0.15, -0.1) is 0 Å². The molecule has 110 valence electrons. The van der Waals surface area contributed by atoms with Crippen molar-refractivity contribution in [1.29, 1.82) is 0 Å². The molecule has 0 radical (unpaired) electrons. The first-order valence-electron chi connectivity index (χ1n) is 6.51. The Labute approximate surface area is 122 Å². The van der Waals surface area contributed by atoms with E-state index < -0.39 is 11.5 Å². The molecule has 0 spiro atoms. The van der Waals surface area contributed by atoms with Crippen molar-refractivity contribution < 1.29 is 14.6 Å². The zero-order chi connectivity index (χ0) is 15.6. The van der Waals surface area contributed by atoms with E-state index >= 15 is 0 Å². The third kappa shape index (κ3) is 2.97. The monoisotopic (exact) mass is 287 g/mol. The second kappa shape index (κ2) is 5.83. The van der Waals surface area contributed by atoms with Crippen molar-refractivity contribution in [3.8, 4) is 5.75 Å². The zero-order valence-corrected chi connectivity index (χ0v) is 12.2. The first-order chi connectivity index (χ1) is 9.93. The lowest BCUT2D eigenvalue weighted by Gasteiger charge is -2.13. The standard InChI is InChI=1S/C16H17NO4/c1-10-7-11(2)17(15(18)14(10)16(19)20)9-12-5-4-6-13(8-12)21-3/h4-8H,9H2,1-3H3,(H,19,20). The van der Waals surface area contributed by atoms with E-state index in [-0.39, 0.29) is 5.56 Å². The molecule has 2 rings (SSSR count). The van der Waals surface area contributed by atoms with Crippen molar-refractivity contribution in [2.24, 2.45) is 0 Å². The molecule has 0 amide bonds. The molecule has 0 aliphatic carbocycles. The first-order valence-corrected chi connectivity index (χ1v) is 6.51. The van der Waals surface area contributed by atoms with Crippen molar-refractivity contribution in [2.75, 3.05) is 7.11 Å². The fraction of sp³-hybridized carbons (Fsp3) is 0.250. The van der Waals surface area contributed by atoms with Gasteiger partial charge in [0.2, 0.25) is 0 Å². The summed E-state index contributed by atoms with van der Waals surface area (Å²) in [6.07, 6.45) is 0. The van der Waals surface area contributed by atoms with Crippen LogP contribution in [0.3, 0.4) is 0 Å². The molecular formula is C16H17NO4. The third-order valence-corrected chi connectivity index (χ3v) is 3.39. The highest BCUT2D eigenvalue weighted by Gasteiger charge is 2.16. The molecule has 1 heterocycles. The Morgan fingerprint density at radius 2 is 2.00 bits per heavy atom. The van der Waals surface area contributed by atoms with Crippen molar-refractivity contribution in [2.45, 2.75) is 20.4 Å². The summed E-state index contributed by atoms with van der Waals surface area (Å²) in [6, 6.07) is 9.06. The largest absolute Gasteiger partial charge is 0.497 e. The fourth-order valence-corrected chi connectivity index (χ4v) is 2.34. The van der Waals surface area contributed by atoms with Crippen molar-refractivity contribution >= 4 is 5.97 Å². The number of carboxylic acids is 1. The SMILES string of the molecule is COc1cccc(Cn2c(C)cc(C)c(C(=O)O)c2=O)c1. The molecule has 0 aliphatic rings. The Morgan fingerprint density at radius 1 is 1.29 bits per heavy atom. The molecule has 1 aromatic heterocycles. The second-order valence-electron chi connectivity index (χ2n) is 4.89. The Bertz CT molecular complexity index is 746. The van der Waals surface area contributed by atoms with Crippen LogP contribution in [0, 0.1) is 13.8 Å². The Morgan fingerprint density at radius 3 is 2.62 bits per heavy atom. The molecule has 0 aliphatic heterocycles. The maximum absolute atomic E-state index is 12.4. The van der Waals surface area contributed by atoms with Crippen LogP contribution >= 0.6 is 0 Å². The summed E-state index contributed by atoms with van der Waals surface area (Å²) >= 11 is 0. The second-order valence-corrected chi connectivity index (χ2v) is 4.89. The lowest BCUT2D eigenvalue weighted by molar-refractivity contribution is 0.0693. The van der Waals surface area contributed by atoms with Crippen LogP contribution in [-0.4, -0.2) is 22.8 Å². The van der Waals surface area contributed by atoms with E-state index in [1.165, 1.54) is 4.57 Å². The minimum absolute atomic E-state index is 0.177. The number of benzene rings is 1. The predicted molar refractivity (Wildman–Crippen MR) is 79.2 cm³/mol. The highest BCUT2D eigenvalue weighted by molar-refractivity contribution is 5.88. The number of nitrogens with zero attached hydrogens (tertiary/aromatic N) is 1. The number of aromatic nitrogens is 1. The number of ether oxygens (including phenoxy) is 1. The van der Waals surface area contributed by atoms with Gasteiger partial charge in [-0.1, -0.05) is 12.1 Å². The number of carboxylic acid groups (broad SMARTS) is 1. The molecule has 1 N–H and O–H groups in total. The molecule has 1 aromatic carbocycles. The Balaban J connectivity index is 2.51. The van der Waals surface area contributed by atoms with Crippen molar-refractivity contribution in [3.63, 3.8) is 0 Å². The Kier molecular flexibility index (Phi) is 4.12. The van der Waals surface area contributed by atoms with Gasteiger partial charge in [-0.05, 0) is 43.2 Å². The third-order valence-electron chi connectivity index (χ3n) is 3.39. The van der Waals surface area contributed by atoms with Crippen LogP contribution in [0.2, 0.25) is 0 Å². The van der Waals surface area contributed by atoms with E-state index in [2.05, 4.69) is 0 Å². The van der Waals surface area contributed by atoms with E-state index in [0.29, 0.717) is 17.9 Å². The summed E-state index contributed by atoms with van der Waals surface area (Å²) < 4.78 is 6.62. The summed E-state index contributed by atoms with van der Waals surface area (Å²) in [5, 5.41) is 9.18. The van der Waals surface area contributed by atoms with Crippen LogP contribution < -0.4 is 10.3 Å². The molecule has 0 atom stereocenters. The number of carbonyl (C=O) groups is 1. The van der Waals surface area contributed by atoms with Gasteiger partial charge in [-0.25, -0.2) is 4.79 Å². The zero-order valence-electron chi connectivity index (χ0n) is 12.2. The molecule has 0 fully saturated rings. The normalized spacial score (nSPS) is 10.4. The van der Waals surface area contributed by atoms with E-state index in [1.54, 1.807) is 27.0 Å². The number of hydrogen-bond donors (Lipinski definition) is 1. The number of aromatic carboxylic acids is 1. The Hall–Kier alpha value is -2.56. The summed E-state index contributed by atoms with van der Waals surface area (Å²) in [6.45, 7) is 3.73. The summed E-state index contributed by atoms with van der Waals surface area (Å²) in [5.74, 6) is -0.499. The van der Waals surface area contributed by atoms with Crippen LogP contribution in [0.4, 0.5) is 0 Å². The van der Waals surface area contributed by atoms with Crippen molar-refractivity contribution in [3.05, 3.63) is 63.1 Å². The minimum Gasteiger partial charge on any atom is -0.497 e. The highest BCUT2D eigenvalue weighted by Crippen LogP contribution is 2.14. The van der Waals surface area contributed by atoms with Gasteiger partial charge in [0.05, 0.1) is 13.7 Å². The average Bonchev–Trinajstić information content (AvgIpc) is 2.43. The molecule has 2 aromatic rings. The van der Waals surface area contributed by atoms with Crippen LogP contribution in [0.1, 0.15) is 27.2 Å². The van der Waals surface area contributed by atoms with Crippen LogP contribution in [-0.2, 0) is 6.54 Å². The smallest absolute Gasteiger partial charge is 0.341 e. The van der Waals surface area contributed by atoms with Crippen LogP contribution in [0.25, 0.3) is 0 Å². The van der Waals surface area contributed by atoms with Gasteiger partial charge in [0.1, 0.15) is 11.3 Å². The summed E-state index contributed by atoms with van der Waals surface area (Å²) in [5.41, 5.74) is 1.42. The maximum atomic E-state index is 12.4. The van der Waals surface area contributed by atoms with E-state index in [4.69, 9.17) is 4.74 Å². The lowest BCUT2D eigenvalue weighted by atomic mass is 10.1. The van der Waals surface area contributed by atoms with Gasteiger partial charge in [0.25, 0.3) is 5.56 Å². The van der Waals surface area contributed by atoms with Gasteiger partial charge in [0.15, 0.2) is 0 Å². The quantitative estimate of drug-likeness (QED) is 0.936. The fourth-order valence-electron chi connectivity index (χ4n) is 2.34. The molecule has 21 heavy (non-hydrogen) atoms. The topological polar surface area (TPSA) is 68.5 Å². The van der Waals surface area contributed by atoms with Gasteiger partial charge in [-0.3, -0.25) is 4.79 Å². The predicted octanol–water partition coefficient (Wildman–Crippen LogP) is 2.22. The first kappa shape index (κ1) is 14.8. The molecule has 5 nitrogen and oxygen atoms in total. The minimum atomic E-state index is -1.20. The maximum Gasteiger partial charge on any atom is 0.341 e. The van der Waals surface area contributed by atoms with Gasteiger partial charge >= 0.3 is 5.97 Å². The van der Waals surface area contributed by atoms with Crippen LogP contribution in [0.15, 0.2) is 35.1 Å². The number of methoxy groups -OCH3 is 1. The summed E-state index contributed by atoms with van der Waals surface area (Å²) in [7, 11) is 1.57. The van der Waals surface area contributed by atoms with Gasteiger partial charge < -0.3 is 14.4 Å². The average molecular weight is 287 g/mol. The number of rotatable bonds is 4. The molecule has 0 saturated carbocycles. The van der Waals surface area contributed by atoms with E-state index in [0.717, 1.165) is 11.3 Å². The molecule has 0 saturated heterocycles. The van der Waals surface area contributed by atoms with Gasteiger partial charge in [-0.2, -0.15) is 0 Å². The number of hydrogen-bond acceptors (Lipinski definition) is 3. The number of pyridine rings is 1. The van der Waals surface area contributed by atoms with E-state index in [9.17, 15) is 14.7 Å². The molecule has 5 heteroatoms. The molecule has 0 unspecified atom stereocenters. The van der Waals surface area contributed by atoms with E-state index in [1.807, 2.05) is 24.3 Å². The van der Waals surface area contributed by atoms with Crippen molar-refractivity contribution in [1.82, 2.24) is 4.57 Å². The van der Waals surface area contributed by atoms with Gasteiger partial charge in [0, 0.05) is 5.69 Å². The van der Waals surface area contributed by atoms with Crippen LogP contribution in [0.5, 0.6) is 5.75 Å². The lowest BCUT2D eigenvalue weighted by Crippen LogP contribution is -2.29. The number of aryl methyl sites for hydroxylation is 2. The highest BCUT2D eigenvalue weighted by atomic mass is 16.5. The molecule has 0 bridgehead atoms.